The minimum atomic E-state index is -0.152. The van der Waals surface area contributed by atoms with Gasteiger partial charge in [0.2, 0.25) is 0 Å². The van der Waals surface area contributed by atoms with Gasteiger partial charge in [-0.2, -0.15) is 0 Å². The predicted octanol–water partition coefficient (Wildman–Crippen LogP) is 5.41. The van der Waals surface area contributed by atoms with E-state index in [0.717, 1.165) is 30.3 Å². The monoisotopic (exact) mass is 421 g/mol. The van der Waals surface area contributed by atoms with Gasteiger partial charge < -0.3 is 14.8 Å². The van der Waals surface area contributed by atoms with Crippen molar-refractivity contribution in [3.63, 3.8) is 0 Å². The fourth-order valence-corrected chi connectivity index (χ4v) is 6.90. The summed E-state index contributed by atoms with van der Waals surface area (Å²) in [6, 6.07) is 12.7. The maximum absolute atomic E-state index is 13.6. The lowest BCUT2D eigenvalue weighted by Gasteiger charge is -2.39. The van der Waals surface area contributed by atoms with Gasteiger partial charge >= 0.3 is 0 Å². The maximum atomic E-state index is 13.6. The normalized spacial score (nSPS) is 23.4. The van der Waals surface area contributed by atoms with Crippen LogP contribution in [0.1, 0.15) is 36.3 Å². The van der Waals surface area contributed by atoms with E-state index in [4.69, 9.17) is 0 Å². The van der Waals surface area contributed by atoms with Crippen molar-refractivity contribution >= 4 is 28.4 Å². The number of nitrogens with zero attached hydrogens (tertiary/aromatic N) is 2. The number of fused-ring (bicyclic) bond motifs is 4. The summed E-state index contributed by atoms with van der Waals surface area (Å²) >= 11 is 2.04. The van der Waals surface area contributed by atoms with Gasteiger partial charge in [-0.05, 0) is 73.4 Å². The Morgan fingerprint density at radius 2 is 2.13 bits per heavy atom. The number of likely N-dealkylation sites (tertiary alicyclic amines) is 1. The van der Waals surface area contributed by atoms with Crippen LogP contribution in [0.5, 0.6) is 0 Å². The van der Waals surface area contributed by atoms with E-state index >= 15 is 0 Å². The number of benzene rings is 2. The van der Waals surface area contributed by atoms with Crippen LogP contribution in [0.3, 0.4) is 0 Å². The number of hydrogen-bond acceptors (Lipinski definition) is 3. The zero-order valence-corrected chi connectivity index (χ0v) is 18.1. The topological polar surface area (TPSA) is 22.3 Å². The van der Waals surface area contributed by atoms with Gasteiger partial charge in [-0.15, -0.1) is 11.8 Å². The molecule has 4 heterocycles. The second-order valence-corrected chi connectivity index (χ2v) is 10.1. The number of rotatable bonds is 4. The Balaban J connectivity index is 1.14. The number of aryl methyl sites for hydroxylation is 1. The molecular formula is C25H28FN3S. The summed E-state index contributed by atoms with van der Waals surface area (Å²) in [6.45, 7) is 4.70. The number of halogens is 1. The van der Waals surface area contributed by atoms with E-state index in [1.54, 1.807) is 17.3 Å². The van der Waals surface area contributed by atoms with E-state index in [-0.39, 0.29) is 5.82 Å². The first-order valence-electron chi connectivity index (χ1n) is 11.3. The van der Waals surface area contributed by atoms with E-state index in [0.29, 0.717) is 12.0 Å². The highest BCUT2D eigenvalue weighted by Gasteiger charge is 2.43. The number of hydrogen-bond donors (Lipinski definition) is 1. The summed E-state index contributed by atoms with van der Waals surface area (Å²) in [5.74, 6) is 1.74. The molecule has 1 saturated heterocycles. The molecule has 30 heavy (non-hydrogen) atoms. The van der Waals surface area contributed by atoms with Crippen molar-refractivity contribution < 1.29 is 4.39 Å². The third-order valence-electron chi connectivity index (χ3n) is 7.23. The molecule has 0 unspecified atom stereocenters. The van der Waals surface area contributed by atoms with Crippen LogP contribution in [0.15, 0.2) is 47.5 Å². The van der Waals surface area contributed by atoms with E-state index in [9.17, 15) is 4.39 Å². The molecule has 3 aliphatic heterocycles. The lowest BCUT2D eigenvalue weighted by molar-refractivity contribution is 0.191. The Labute approximate surface area is 181 Å². The van der Waals surface area contributed by atoms with E-state index in [1.165, 1.54) is 54.8 Å². The lowest BCUT2D eigenvalue weighted by Crippen LogP contribution is -2.46. The lowest BCUT2D eigenvalue weighted by atomic mass is 9.89. The van der Waals surface area contributed by atoms with Crippen molar-refractivity contribution in [1.82, 2.24) is 9.88 Å². The molecule has 1 fully saturated rings. The number of H-pyrrole nitrogens is 1. The van der Waals surface area contributed by atoms with Crippen molar-refractivity contribution in [3.05, 3.63) is 59.5 Å². The van der Waals surface area contributed by atoms with E-state index in [2.05, 4.69) is 39.2 Å². The third kappa shape index (κ3) is 3.14. The van der Waals surface area contributed by atoms with Crippen LogP contribution in [-0.4, -0.2) is 47.9 Å². The summed E-state index contributed by atoms with van der Waals surface area (Å²) in [7, 11) is 0. The second kappa shape index (κ2) is 7.61. The summed E-state index contributed by atoms with van der Waals surface area (Å²) in [4.78, 5) is 10.2. The molecule has 0 radical (unpaired) electrons. The van der Waals surface area contributed by atoms with Crippen LogP contribution in [0.25, 0.3) is 10.9 Å². The Morgan fingerprint density at radius 3 is 3.10 bits per heavy atom. The standard InChI is InChI=1S/C25H28FN3S/c26-18-7-8-22-20(14-18)17(15-27-22)4-2-10-28-12-9-23-21(16-28)19-5-1-6-24-25(19)29(23)11-3-13-30-24/h1,5-8,14-15,21,23,27H,2-4,9-13,16H2/t21-,23-/m1/s1. The van der Waals surface area contributed by atoms with Crippen LogP contribution < -0.4 is 4.90 Å². The first kappa shape index (κ1) is 18.8. The smallest absolute Gasteiger partial charge is 0.123 e. The molecular weight excluding hydrogens is 393 g/mol. The molecule has 0 aliphatic carbocycles. The van der Waals surface area contributed by atoms with Crippen molar-refractivity contribution in [2.24, 2.45) is 0 Å². The molecule has 156 valence electrons. The summed E-state index contributed by atoms with van der Waals surface area (Å²) in [5.41, 5.74) is 5.41. The van der Waals surface area contributed by atoms with Gasteiger partial charge in [0.05, 0.1) is 5.69 Å². The average molecular weight is 422 g/mol. The molecule has 0 amide bonds. The molecule has 0 bridgehead atoms. The number of aromatic nitrogens is 1. The number of anilines is 1. The van der Waals surface area contributed by atoms with Crippen LogP contribution in [0.2, 0.25) is 0 Å². The highest BCUT2D eigenvalue weighted by molar-refractivity contribution is 7.99. The minimum Gasteiger partial charge on any atom is -0.367 e. The van der Waals surface area contributed by atoms with Crippen molar-refractivity contribution in [2.45, 2.75) is 42.5 Å². The molecule has 3 aliphatic rings. The molecule has 1 aromatic heterocycles. The zero-order chi connectivity index (χ0) is 20.1. The molecule has 0 spiro atoms. The highest BCUT2D eigenvalue weighted by Crippen LogP contribution is 2.50. The largest absolute Gasteiger partial charge is 0.367 e. The van der Waals surface area contributed by atoms with Gasteiger partial charge in [0.25, 0.3) is 0 Å². The maximum Gasteiger partial charge on any atom is 0.123 e. The fraction of sp³-hybridized carbons (Fsp3) is 0.440. The van der Waals surface area contributed by atoms with E-state index in [1.807, 2.05) is 17.8 Å². The number of thioether (sulfide) groups is 1. The van der Waals surface area contributed by atoms with Crippen LogP contribution in [-0.2, 0) is 6.42 Å². The van der Waals surface area contributed by atoms with Gasteiger partial charge in [0, 0.05) is 53.6 Å². The Morgan fingerprint density at radius 1 is 1.17 bits per heavy atom. The summed E-state index contributed by atoms with van der Waals surface area (Å²) in [6.07, 6.45) is 6.72. The first-order valence-corrected chi connectivity index (χ1v) is 12.3. The molecule has 2 aromatic carbocycles. The number of nitrogens with one attached hydrogen (secondary N) is 1. The van der Waals surface area contributed by atoms with E-state index < -0.39 is 0 Å². The first-order chi connectivity index (χ1) is 14.8. The van der Waals surface area contributed by atoms with Crippen LogP contribution in [0.4, 0.5) is 10.1 Å². The highest BCUT2D eigenvalue weighted by atomic mass is 32.2. The van der Waals surface area contributed by atoms with Crippen LogP contribution in [0, 0.1) is 5.82 Å². The van der Waals surface area contributed by atoms with Gasteiger partial charge in [-0.1, -0.05) is 12.1 Å². The van der Waals surface area contributed by atoms with Crippen LogP contribution >= 0.6 is 11.8 Å². The molecule has 2 atom stereocenters. The molecule has 1 N–H and O–H groups in total. The zero-order valence-electron chi connectivity index (χ0n) is 17.2. The Hall–Kier alpha value is -1.98. The average Bonchev–Trinajstić information content (AvgIpc) is 3.21. The molecule has 3 aromatic rings. The summed E-state index contributed by atoms with van der Waals surface area (Å²) in [5, 5.41) is 1.04. The fourth-order valence-electron chi connectivity index (χ4n) is 5.86. The molecule has 6 rings (SSSR count). The van der Waals surface area contributed by atoms with Crippen molar-refractivity contribution in [1.29, 1.82) is 0 Å². The second-order valence-electron chi connectivity index (χ2n) is 8.96. The van der Waals surface area contributed by atoms with Gasteiger partial charge in [-0.3, -0.25) is 0 Å². The number of piperidine rings is 1. The molecule has 5 heteroatoms. The predicted molar refractivity (Wildman–Crippen MR) is 123 cm³/mol. The van der Waals surface area contributed by atoms with Crippen molar-refractivity contribution in [2.75, 3.05) is 36.8 Å². The summed E-state index contributed by atoms with van der Waals surface area (Å²) < 4.78 is 13.6. The number of para-hydroxylation sites is 1. The van der Waals surface area contributed by atoms with Gasteiger partial charge in [-0.25, -0.2) is 4.39 Å². The quantitative estimate of drug-likeness (QED) is 0.609. The Bertz CT molecular complexity index is 1080. The SMILES string of the molecule is Fc1ccc2[nH]cc(CCCN3CC[C@@H]4[C@H](C3)c3cccc5c3N4CCCS5)c2c1. The Kier molecular flexibility index (Phi) is 4.76. The minimum absolute atomic E-state index is 0.152. The van der Waals surface area contributed by atoms with Gasteiger partial charge in [0.15, 0.2) is 0 Å². The molecule has 0 saturated carbocycles. The third-order valence-corrected chi connectivity index (χ3v) is 8.36. The molecule has 3 nitrogen and oxygen atoms in total. The van der Waals surface area contributed by atoms with Gasteiger partial charge in [0.1, 0.15) is 5.82 Å². The van der Waals surface area contributed by atoms with Crippen molar-refractivity contribution in [3.8, 4) is 0 Å². The number of aromatic amines is 1.